The first kappa shape index (κ1) is 10.7. The molecule has 0 bridgehead atoms. The molecule has 0 unspecified atom stereocenters. The van der Waals surface area contributed by atoms with Crippen LogP contribution in [0.4, 0.5) is 5.82 Å². The van der Waals surface area contributed by atoms with Gasteiger partial charge in [0.25, 0.3) is 0 Å². The Kier molecular flexibility index (Phi) is 2.92. The predicted octanol–water partition coefficient (Wildman–Crippen LogP) is 1.31. The number of hydrogen-bond acceptors (Lipinski definition) is 3. The Hall–Kier alpha value is -1.81. The summed E-state index contributed by atoms with van der Waals surface area (Å²) in [6, 6.07) is 7.79. The van der Waals surface area contributed by atoms with E-state index in [0.717, 1.165) is 16.7 Å². The van der Waals surface area contributed by atoms with Gasteiger partial charge in [-0.1, -0.05) is 24.3 Å². The quantitative estimate of drug-likeness (QED) is 0.814. The molecule has 0 amide bonds. The number of aromatic nitrogens is 2. The summed E-state index contributed by atoms with van der Waals surface area (Å²) < 4.78 is 1.82. The van der Waals surface area contributed by atoms with Gasteiger partial charge in [0.05, 0.1) is 13.2 Å². The summed E-state index contributed by atoms with van der Waals surface area (Å²) >= 11 is 0. The van der Waals surface area contributed by atoms with Gasteiger partial charge in [0.2, 0.25) is 0 Å². The lowest BCUT2D eigenvalue weighted by molar-refractivity contribution is 0.282. The van der Waals surface area contributed by atoms with Crippen LogP contribution in [0, 0.1) is 6.92 Å². The van der Waals surface area contributed by atoms with Crippen molar-refractivity contribution in [2.75, 3.05) is 5.73 Å². The Morgan fingerprint density at radius 2 is 1.88 bits per heavy atom. The smallest absolute Gasteiger partial charge is 0.148 e. The van der Waals surface area contributed by atoms with Gasteiger partial charge in [-0.2, -0.15) is 5.10 Å². The molecule has 0 aliphatic carbocycles. The minimum Gasteiger partial charge on any atom is -0.392 e. The Bertz CT molecular complexity index is 454. The minimum absolute atomic E-state index is 0.0775. The van der Waals surface area contributed by atoms with E-state index in [0.29, 0.717) is 12.4 Å². The van der Waals surface area contributed by atoms with Crippen molar-refractivity contribution in [3.63, 3.8) is 0 Å². The molecule has 0 spiro atoms. The van der Waals surface area contributed by atoms with Crippen molar-refractivity contribution in [2.45, 2.75) is 20.1 Å². The van der Waals surface area contributed by atoms with Gasteiger partial charge in [-0.25, -0.2) is 0 Å². The number of aliphatic hydroxyl groups is 1. The molecule has 0 fully saturated rings. The fourth-order valence-corrected chi connectivity index (χ4v) is 1.55. The molecule has 1 aromatic carbocycles. The molecule has 0 radical (unpaired) electrons. The first-order valence-electron chi connectivity index (χ1n) is 5.17. The zero-order valence-electron chi connectivity index (χ0n) is 9.22. The standard InChI is InChI=1S/C12H15N3O/c1-9-6-15(14-12(9)13)7-10-2-4-11(8-16)5-3-10/h2-6,16H,7-8H2,1H3,(H2,13,14). The second-order valence-corrected chi connectivity index (χ2v) is 3.87. The summed E-state index contributed by atoms with van der Waals surface area (Å²) in [5, 5.41) is 13.1. The number of aryl methyl sites for hydroxylation is 1. The summed E-state index contributed by atoms with van der Waals surface area (Å²) in [4.78, 5) is 0. The third-order valence-corrected chi connectivity index (χ3v) is 2.53. The van der Waals surface area contributed by atoms with Crippen molar-refractivity contribution >= 4 is 5.82 Å². The lowest BCUT2D eigenvalue weighted by Gasteiger charge is -2.02. The van der Waals surface area contributed by atoms with E-state index < -0.39 is 0 Å². The number of nitrogen functional groups attached to an aromatic ring is 1. The van der Waals surface area contributed by atoms with E-state index in [1.165, 1.54) is 0 Å². The van der Waals surface area contributed by atoms with Crippen LogP contribution in [0.2, 0.25) is 0 Å². The highest BCUT2D eigenvalue weighted by Gasteiger charge is 2.01. The van der Waals surface area contributed by atoms with E-state index in [9.17, 15) is 0 Å². The van der Waals surface area contributed by atoms with Gasteiger partial charge in [0.1, 0.15) is 5.82 Å². The molecule has 3 N–H and O–H groups in total. The van der Waals surface area contributed by atoms with Gasteiger partial charge in [-0.05, 0) is 18.1 Å². The predicted molar refractivity (Wildman–Crippen MR) is 62.8 cm³/mol. The van der Waals surface area contributed by atoms with Crippen LogP contribution in [0.3, 0.4) is 0 Å². The number of nitrogens with zero attached hydrogens (tertiary/aromatic N) is 2. The van der Waals surface area contributed by atoms with Crippen molar-refractivity contribution in [3.05, 3.63) is 47.2 Å². The van der Waals surface area contributed by atoms with Crippen LogP contribution in [0.25, 0.3) is 0 Å². The van der Waals surface area contributed by atoms with Crippen molar-refractivity contribution < 1.29 is 5.11 Å². The van der Waals surface area contributed by atoms with Gasteiger partial charge in [0, 0.05) is 11.8 Å². The first-order valence-corrected chi connectivity index (χ1v) is 5.17. The number of aliphatic hydroxyl groups excluding tert-OH is 1. The lowest BCUT2D eigenvalue weighted by atomic mass is 10.1. The minimum atomic E-state index is 0.0775. The molecule has 4 nitrogen and oxygen atoms in total. The second-order valence-electron chi connectivity index (χ2n) is 3.87. The van der Waals surface area contributed by atoms with Crippen molar-refractivity contribution in [1.82, 2.24) is 9.78 Å². The largest absolute Gasteiger partial charge is 0.392 e. The maximum atomic E-state index is 8.92. The molecule has 2 rings (SSSR count). The number of nitrogens with two attached hydrogens (primary N) is 1. The van der Waals surface area contributed by atoms with Gasteiger partial charge < -0.3 is 10.8 Å². The summed E-state index contributed by atoms with van der Waals surface area (Å²) in [5.41, 5.74) is 8.72. The Balaban J connectivity index is 2.14. The molecule has 0 aliphatic heterocycles. The first-order chi connectivity index (χ1) is 7.69. The Morgan fingerprint density at radius 3 is 2.38 bits per heavy atom. The SMILES string of the molecule is Cc1cn(Cc2ccc(CO)cc2)nc1N. The van der Waals surface area contributed by atoms with E-state index in [-0.39, 0.29) is 6.61 Å². The molecular formula is C12H15N3O. The maximum Gasteiger partial charge on any atom is 0.148 e. The Labute approximate surface area is 94.3 Å². The molecule has 0 saturated heterocycles. The van der Waals surface area contributed by atoms with Crippen LogP contribution in [0.5, 0.6) is 0 Å². The summed E-state index contributed by atoms with van der Waals surface area (Å²) in [6.45, 7) is 2.71. The van der Waals surface area contributed by atoms with Crippen molar-refractivity contribution in [1.29, 1.82) is 0 Å². The van der Waals surface area contributed by atoms with Crippen LogP contribution in [-0.2, 0) is 13.2 Å². The lowest BCUT2D eigenvalue weighted by Crippen LogP contribution is -2.01. The molecular weight excluding hydrogens is 202 g/mol. The second kappa shape index (κ2) is 4.37. The highest BCUT2D eigenvalue weighted by atomic mass is 16.3. The van der Waals surface area contributed by atoms with Gasteiger partial charge in [-0.15, -0.1) is 0 Å². The molecule has 84 valence electrons. The molecule has 2 aromatic rings. The molecule has 0 aliphatic rings. The zero-order valence-corrected chi connectivity index (χ0v) is 9.22. The van der Waals surface area contributed by atoms with Crippen LogP contribution in [0.15, 0.2) is 30.5 Å². The van der Waals surface area contributed by atoms with Crippen molar-refractivity contribution in [3.8, 4) is 0 Å². The van der Waals surface area contributed by atoms with Gasteiger partial charge in [0.15, 0.2) is 0 Å². The molecule has 0 atom stereocenters. The third kappa shape index (κ3) is 2.23. The van der Waals surface area contributed by atoms with Gasteiger partial charge in [-0.3, -0.25) is 4.68 Å². The van der Waals surface area contributed by atoms with Crippen LogP contribution < -0.4 is 5.73 Å². The summed E-state index contributed by atoms with van der Waals surface area (Å²) in [6.07, 6.45) is 1.93. The highest BCUT2D eigenvalue weighted by Crippen LogP contribution is 2.10. The number of benzene rings is 1. The van der Waals surface area contributed by atoms with E-state index in [1.54, 1.807) is 0 Å². The fraction of sp³-hybridized carbons (Fsp3) is 0.250. The number of rotatable bonds is 3. The monoisotopic (exact) mass is 217 g/mol. The molecule has 1 heterocycles. The summed E-state index contributed by atoms with van der Waals surface area (Å²) in [7, 11) is 0. The fourth-order valence-electron chi connectivity index (χ4n) is 1.55. The maximum absolute atomic E-state index is 8.92. The molecule has 0 saturated carbocycles. The average molecular weight is 217 g/mol. The molecule has 16 heavy (non-hydrogen) atoms. The number of anilines is 1. The topological polar surface area (TPSA) is 64.1 Å². The summed E-state index contributed by atoms with van der Waals surface area (Å²) in [5.74, 6) is 0.576. The van der Waals surface area contributed by atoms with E-state index in [1.807, 2.05) is 42.1 Å². The van der Waals surface area contributed by atoms with Crippen molar-refractivity contribution in [2.24, 2.45) is 0 Å². The molecule has 4 heteroatoms. The van der Waals surface area contributed by atoms with E-state index in [4.69, 9.17) is 10.8 Å². The average Bonchev–Trinajstić information content (AvgIpc) is 2.59. The molecule has 1 aromatic heterocycles. The highest BCUT2D eigenvalue weighted by molar-refractivity contribution is 5.36. The van der Waals surface area contributed by atoms with E-state index >= 15 is 0 Å². The zero-order chi connectivity index (χ0) is 11.5. The van der Waals surface area contributed by atoms with Crippen LogP contribution in [-0.4, -0.2) is 14.9 Å². The number of hydrogen-bond donors (Lipinski definition) is 2. The Morgan fingerprint density at radius 1 is 1.25 bits per heavy atom. The van der Waals surface area contributed by atoms with Gasteiger partial charge >= 0.3 is 0 Å². The van der Waals surface area contributed by atoms with Crippen LogP contribution >= 0.6 is 0 Å². The normalized spacial score (nSPS) is 10.6. The van der Waals surface area contributed by atoms with Crippen LogP contribution in [0.1, 0.15) is 16.7 Å². The third-order valence-electron chi connectivity index (χ3n) is 2.53. The van der Waals surface area contributed by atoms with E-state index in [2.05, 4.69) is 5.10 Å².